The standard InChI is InChI=1S/C32H49N5O4S.ClH/c1-21(23-13-15-24(16-14-23)28-22(2)34-20-42-28)35-30(40)26-18-25(38)19-37(26)31(41)29(32(3,4)5)36-27(39)12-10-8-6-7-9-11-17-33;/h13-16,20-21,25-26,29,38H,6-12,17-19,33H2,1-5H3,(H,35,40)(H,36,39);1H/t21-,25+,26-,29+;/m0./s1. The highest BCUT2D eigenvalue weighted by atomic mass is 35.5. The summed E-state index contributed by atoms with van der Waals surface area (Å²) >= 11 is 1.59. The molecule has 1 aromatic carbocycles. The number of hydrogen-bond donors (Lipinski definition) is 4. The third-order valence-corrected chi connectivity index (χ3v) is 8.90. The lowest BCUT2D eigenvalue weighted by Gasteiger charge is -2.35. The van der Waals surface area contributed by atoms with E-state index in [1.807, 2.05) is 64.4 Å². The molecule has 1 aliphatic rings. The van der Waals surface area contributed by atoms with Crippen molar-refractivity contribution in [3.8, 4) is 10.4 Å². The molecule has 0 saturated carbocycles. The molecule has 11 heteroatoms. The van der Waals surface area contributed by atoms with Crippen LogP contribution in [0.15, 0.2) is 29.8 Å². The minimum atomic E-state index is -0.815. The number of carbonyl (C=O) groups is 3. The predicted octanol–water partition coefficient (Wildman–Crippen LogP) is 4.90. The van der Waals surface area contributed by atoms with Crippen LogP contribution in [0.3, 0.4) is 0 Å². The molecule has 2 aromatic rings. The van der Waals surface area contributed by atoms with Gasteiger partial charge in [-0.3, -0.25) is 14.4 Å². The number of unbranched alkanes of at least 4 members (excludes halogenated alkanes) is 5. The molecule has 43 heavy (non-hydrogen) atoms. The summed E-state index contributed by atoms with van der Waals surface area (Å²) < 4.78 is 0. The Morgan fingerprint density at radius 2 is 1.70 bits per heavy atom. The maximum Gasteiger partial charge on any atom is 0.246 e. The fourth-order valence-corrected chi connectivity index (χ4v) is 6.20. The van der Waals surface area contributed by atoms with Crippen LogP contribution in [0.5, 0.6) is 0 Å². The number of rotatable bonds is 14. The van der Waals surface area contributed by atoms with E-state index >= 15 is 0 Å². The van der Waals surface area contributed by atoms with Crippen LogP contribution in [0, 0.1) is 12.3 Å². The van der Waals surface area contributed by atoms with Crippen molar-refractivity contribution in [2.24, 2.45) is 11.1 Å². The third-order valence-electron chi connectivity index (χ3n) is 7.92. The van der Waals surface area contributed by atoms with Gasteiger partial charge < -0.3 is 26.4 Å². The SMILES string of the molecule is Cc1ncsc1-c1ccc([C@H](C)NC(=O)[C@@H]2C[C@@H](O)CN2C(=O)[C@@H](NC(=O)CCCCCCCCN)C(C)(C)C)cc1.Cl. The third kappa shape index (κ3) is 10.6. The highest BCUT2D eigenvalue weighted by Gasteiger charge is 2.44. The number of aliphatic hydroxyl groups excluding tert-OH is 1. The molecule has 1 aliphatic heterocycles. The van der Waals surface area contributed by atoms with Crippen LogP contribution in [-0.2, 0) is 14.4 Å². The molecule has 2 heterocycles. The Labute approximate surface area is 266 Å². The summed E-state index contributed by atoms with van der Waals surface area (Å²) in [7, 11) is 0. The first-order valence-electron chi connectivity index (χ1n) is 15.2. The van der Waals surface area contributed by atoms with Gasteiger partial charge in [-0.2, -0.15) is 0 Å². The van der Waals surface area contributed by atoms with Gasteiger partial charge in [0, 0.05) is 19.4 Å². The number of thiazole rings is 1. The van der Waals surface area contributed by atoms with Gasteiger partial charge in [0.2, 0.25) is 17.7 Å². The number of β-amino-alcohol motifs (C(OH)–C–C–N with tert-alkyl or cyclic N) is 1. The van der Waals surface area contributed by atoms with Crippen molar-refractivity contribution in [3.63, 3.8) is 0 Å². The van der Waals surface area contributed by atoms with Gasteiger partial charge in [0.25, 0.3) is 0 Å². The van der Waals surface area contributed by atoms with E-state index in [2.05, 4.69) is 15.6 Å². The minimum Gasteiger partial charge on any atom is -0.391 e. The molecule has 9 nitrogen and oxygen atoms in total. The fraction of sp³-hybridized carbons (Fsp3) is 0.625. The minimum absolute atomic E-state index is 0. The topological polar surface area (TPSA) is 138 Å². The first-order valence-corrected chi connectivity index (χ1v) is 16.1. The Morgan fingerprint density at radius 3 is 2.28 bits per heavy atom. The van der Waals surface area contributed by atoms with Crippen LogP contribution in [-0.4, -0.2) is 64.0 Å². The zero-order valence-electron chi connectivity index (χ0n) is 26.2. The van der Waals surface area contributed by atoms with E-state index in [1.54, 1.807) is 11.3 Å². The lowest BCUT2D eigenvalue weighted by Crippen LogP contribution is -2.57. The van der Waals surface area contributed by atoms with E-state index < -0.39 is 23.6 Å². The molecule has 5 N–H and O–H groups in total. The number of nitrogens with zero attached hydrogens (tertiary/aromatic N) is 2. The number of halogens is 1. The zero-order chi connectivity index (χ0) is 30.9. The second kappa shape index (κ2) is 17.1. The summed E-state index contributed by atoms with van der Waals surface area (Å²) in [5.74, 6) is -0.828. The van der Waals surface area contributed by atoms with Crippen LogP contribution in [0.4, 0.5) is 0 Å². The maximum absolute atomic E-state index is 13.8. The van der Waals surface area contributed by atoms with Gasteiger partial charge in [0.15, 0.2) is 0 Å². The number of benzene rings is 1. The molecular formula is C32H50ClN5O4S. The maximum atomic E-state index is 13.8. The number of carbonyl (C=O) groups excluding carboxylic acids is 3. The molecule has 4 atom stereocenters. The second-order valence-corrected chi connectivity index (χ2v) is 13.4. The van der Waals surface area contributed by atoms with Gasteiger partial charge >= 0.3 is 0 Å². The van der Waals surface area contributed by atoms with Gasteiger partial charge in [0.05, 0.1) is 28.2 Å². The van der Waals surface area contributed by atoms with Crippen LogP contribution in [0.25, 0.3) is 10.4 Å². The second-order valence-electron chi connectivity index (χ2n) is 12.5. The Morgan fingerprint density at radius 1 is 1.07 bits per heavy atom. The van der Waals surface area contributed by atoms with Gasteiger partial charge in [-0.05, 0) is 49.8 Å². The number of aryl methyl sites for hydroxylation is 1. The molecule has 3 amide bonds. The van der Waals surface area contributed by atoms with E-state index in [9.17, 15) is 19.5 Å². The Kier molecular flexibility index (Phi) is 14.6. The summed E-state index contributed by atoms with van der Waals surface area (Å²) in [5, 5.41) is 16.5. The van der Waals surface area contributed by atoms with Crippen molar-refractivity contribution in [1.29, 1.82) is 0 Å². The first-order chi connectivity index (χ1) is 19.9. The normalized spacial score (nSPS) is 18.1. The summed E-state index contributed by atoms with van der Waals surface area (Å²) in [6.45, 7) is 10.3. The number of hydrogen-bond acceptors (Lipinski definition) is 7. The molecule has 1 saturated heterocycles. The largest absolute Gasteiger partial charge is 0.391 e. The van der Waals surface area contributed by atoms with Crippen molar-refractivity contribution >= 4 is 41.5 Å². The average molecular weight is 636 g/mol. The van der Waals surface area contributed by atoms with E-state index in [0.717, 1.165) is 60.2 Å². The Bertz CT molecular complexity index is 1180. The molecule has 3 rings (SSSR count). The van der Waals surface area contributed by atoms with E-state index in [1.165, 1.54) is 4.90 Å². The molecule has 1 aromatic heterocycles. The quantitative estimate of drug-likeness (QED) is 0.218. The number of aliphatic hydroxyl groups is 1. The van der Waals surface area contributed by atoms with Crippen LogP contribution >= 0.6 is 23.7 Å². The van der Waals surface area contributed by atoms with Gasteiger partial charge in [0.1, 0.15) is 12.1 Å². The molecule has 1 fully saturated rings. The lowest BCUT2D eigenvalue weighted by molar-refractivity contribution is -0.144. The van der Waals surface area contributed by atoms with Gasteiger partial charge in [-0.15, -0.1) is 23.7 Å². The number of likely N-dealkylation sites (tertiary alicyclic amines) is 1. The summed E-state index contributed by atoms with van der Waals surface area (Å²) in [5.41, 5.74) is 9.78. The molecule has 0 unspecified atom stereocenters. The molecule has 240 valence electrons. The van der Waals surface area contributed by atoms with E-state index in [4.69, 9.17) is 5.73 Å². The van der Waals surface area contributed by atoms with Crippen molar-refractivity contribution in [2.45, 2.75) is 110 Å². The van der Waals surface area contributed by atoms with Crippen LogP contribution < -0.4 is 16.4 Å². The number of nitrogens with two attached hydrogens (primary N) is 1. The van der Waals surface area contributed by atoms with Crippen molar-refractivity contribution < 1.29 is 19.5 Å². The van der Waals surface area contributed by atoms with E-state index in [-0.39, 0.29) is 49.1 Å². The summed E-state index contributed by atoms with van der Waals surface area (Å²) in [6.07, 6.45) is 5.72. The number of aromatic nitrogens is 1. The predicted molar refractivity (Wildman–Crippen MR) is 175 cm³/mol. The lowest BCUT2D eigenvalue weighted by atomic mass is 9.85. The molecule has 0 aliphatic carbocycles. The zero-order valence-corrected chi connectivity index (χ0v) is 27.9. The molecule has 0 radical (unpaired) electrons. The average Bonchev–Trinajstić information content (AvgIpc) is 3.55. The van der Waals surface area contributed by atoms with Gasteiger partial charge in [-0.1, -0.05) is 70.7 Å². The first kappa shape index (κ1) is 36.7. The van der Waals surface area contributed by atoms with Crippen LogP contribution in [0.2, 0.25) is 0 Å². The Hall–Kier alpha value is -2.53. The van der Waals surface area contributed by atoms with E-state index in [0.29, 0.717) is 13.0 Å². The highest BCUT2D eigenvalue weighted by molar-refractivity contribution is 7.13. The Balaban J connectivity index is 0.00000645. The highest BCUT2D eigenvalue weighted by Crippen LogP contribution is 2.29. The van der Waals surface area contributed by atoms with Gasteiger partial charge in [-0.25, -0.2) is 4.98 Å². The monoisotopic (exact) mass is 635 g/mol. The molecule has 0 spiro atoms. The molecular weight excluding hydrogens is 586 g/mol. The fourth-order valence-electron chi connectivity index (χ4n) is 5.39. The summed E-state index contributed by atoms with van der Waals surface area (Å²) in [4.78, 5) is 46.9. The van der Waals surface area contributed by atoms with Crippen LogP contribution in [0.1, 0.15) is 96.4 Å². The summed E-state index contributed by atoms with van der Waals surface area (Å²) in [6, 6.07) is 6.09. The van der Waals surface area contributed by atoms with Crippen molar-refractivity contribution in [1.82, 2.24) is 20.5 Å². The van der Waals surface area contributed by atoms with Crippen molar-refractivity contribution in [3.05, 3.63) is 41.0 Å². The smallest absolute Gasteiger partial charge is 0.246 e. The van der Waals surface area contributed by atoms with Crippen molar-refractivity contribution in [2.75, 3.05) is 13.1 Å². The number of nitrogens with one attached hydrogen (secondary N) is 2. The number of amides is 3. The molecule has 0 bridgehead atoms.